The molecule has 1 N–H and O–H groups in total. The first-order valence-corrected chi connectivity index (χ1v) is 7.77. The Labute approximate surface area is 153 Å². The van der Waals surface area contributed by atoms with Gasteiger partial charge in [0.05, 0.1) is 19.1 Å². The molecule has 1 amide bonds. The van der Waals surface area contributed by atoms with Crippen LogP contribution in [0.4, 0.5) is 11.4 Å². The number of nitro groups is 1. The molecule has 0 unspecified atom stereocenters. The number of carbonyl (C=O) groups is 1. The van der Waals surface area contributed by atoms with Crippen LogP contribution in [0.5, 0.6) is 11.5 Å². The van der Waals surface area contributed by atoms with Gasteiger partial charge in [0.25, 0.3) is 11.6 Å². The molecule has 1 heterocycles. The first kappa shape index (κ1) is 17.9. The quantitative estimate of drug-likeness (QED) is 0.522. The van der Waals surface area contributed by atoms with Gasteiger partial charge >= 0.3 is 0 Å². The molecule has 0 bridgehead atoms. The van der Waals surface area contributed by atoms with Gasteiger partial charge < -0.3 is 19.3 Å². The summed E-state index contributed by atoms with van der Waals surface area (Å²) < 4.78 is 15.6. The molecule has 0 aliphatic heterocycles. The van der Waals surface area contributed by atoms with Gasteiger partial charge in [-0.1, -0.05) is 17.3 Å². The number of aromatic nitrogens is 1. The van der Waals surface area contributed by atoms with Crippen molar-refractivity contribution < 1.29 is 23.7 Å². The van der Waals surface area contributed by atoms with E-state index in [4.69, 9.17) is 14.0 Å². The zero-order valence-electron chi connectivity index (χ0n) is 14.5. The van der Waals surface area contributed by atoms with E-state index in [0.29, 0.717) is 22.8 Å². The van der Waals surface area contributed by atoms with E-state index in [9.17, 15) is 14.9 Å². The molecule has 3 rings (SSSR count). The van der Waals surface area contributed by atoms with Crippen molar-refractivity contribution in [2.24, 2.45) is 0 Å². The fraction of sp³-hybridized carbons (Fsp3) is 0.111. The number of methoxy groups -OCH3 is 2. The zero-order chi connectivity index (χ0) is 19.4. The van der Waals surface area contributed by atoms with Crippen molar-refractivity contribution in [2.75, 3.05) is 19.5 Å². The molecule has 0 saturated heterocycles. The van der Waals surface area contributed by atoms with Crippen LogP contribution in [0.2, 0.25) is 0 Å². The summed E-state index contributed by atoms with van der Waals surface area (Å²) in [6.45, 7) is 0. The van der Waals surface area contributed by atoms with E-state index in [2.05, 4.69) is 10.5 Å². The second-order valence-electron chi connectivity index (χ2n) is 5.37. The number of hydrogen-bond donors (Lipinski definition) is 1. The van der Waals surface area contributed by atoms with Gasteiger partial charge in [-0.15, -0.1) is 0 Å². The number of nitrogens with zero attached hydrogens (tertiary/aromatic N) is 2. The smallest absolute Gasteiger partial charge is 0.292 e. The fourth-order valence-corrected chi connectivity index (χ4v) is 2.43. The average molecular weight is 369 g/mol. The van der Waals surface area contributed by atoms with Crippen molar-refractivity contribution >= 4 is 17.3 Å². The summed E-state index contributed by atoms with van der Waals surface area (Å²) in [7, 11) is 3.03. The van der Waals surface area contributed by atoms with E-state index >= 15 is 0 Å². The van der Waals surface area contributed by atoms with Crippen LogP contribution in [0.15, 0.2) is 53.1 Å². The van der Waals surface area contributed by atoms with Gasteiger partial charge in [-0.05, 0) is 24.3 Å². The average Bonchev–Trinajstić information content (AvgIpc) is 3.18. The van der Waals surface area contributed by atoms with E-state index in [1.54, 1.807) is 24.3 Å². The molecule has 1 aromatic heterocycles. The highest BCUT2D eigenvalue weighted by molar-refractivity contribution is 6.04. The molecule has 0 aliphatic rings. The van der Waals surface area contributed by atoms with Gasteiger partial charge in [0, 0.05) is 17.7 Å². The van der Waals surface area contributed by atoms with Crippen LogP contribution in [-0.2, 0) is 0 Å². The Hall–Kier alpha value is -3.88. The van der Waals surface area contributed by atoms with Crippen molar-refractivity contribution in [1.82, 2.24) is 5.16 Å². The topological polar surface area (TPSA) is 117 Å². The summed E-state index contributed by atoms with van der Waals surface area (Å²) in [6, 6.07) is 12.4. The minimum absolute atomic E-state index is 0.0158. The maximum atomic E-state index is 12.4. The Kier molecular flexibility index (Phi) is 5.02. The maximum absolute atomic E-state index is 12.4. The van der Waals surface area contributed by atoms with Crippen molar-refractivity contribution in [3.8, 4) is 22.8 Å². The minimum Gasteiger partial charge on any atom is -0.493 e. The van der Waals surface area contributed by atoms with Crippen molar-refractivity contribution in [3.05, 3.63) is 64.3 Å². The molecule has 0 aliphatic carbocycles. The predicted octanol–water partition coefficient (Wildman–Crippen LogP) is 3.52. The zero-order valence-corrected chi connectivity index (χ0v) is 14.5. The number of rotatable bonds is 6. The normalized spacial score (nSPS) is 10.3. The van der Waals surface area contributed by atoms with E-state index in [0.717, 1.165) is 0 Å². The lowest BCUT2D eigenvalue weighted by Gasteiger charge is -2.07. The van der Waals surface area contributed by atoms with Crippen molar-refractivity contribution in [3.63, 3.8) is 0 Å². The first-order chi connectivity index (χ1) is 13.0. The lowest BCUT2D eigenvalue weighted by atomic mass is 10.1. The highest BCUT2D eigenvalue weighted by Crippen LogP contribution is 2.32. The predicted molar refractivity (Wildman–Crippen MR) is 96.1 cm³/mol. The van der Waals surface area contributed by atoms with Gasteiger partial charge in [0.15, 0.2) is 23.0 Å². The third kappa shape index (κ3) is 3.71. The summed E-state index contributed by atoms with van der Waals surface area (Å²) in [5, 5.41) is 17.2. The van der Waals surface area contributed by atoms with E-state index in [1.807, 2.05) is 0 Å². The minimum atomic E-state index is -0.625. The van der Waals surface area contributed by atoms with Crippen LogP contribution in [0.3, 0.4) is 0 Å². The number of benzene rings is 2. The van der Waals surface area contributed by atoms with Gasteiger partial charge in [-0.2, -0.15) is 0 Å². The Morgan fingerprint density at radius 2 is 1.85 bits per heavy atom. The number of carbonyl (C=O) groups excluding carboxylic acids is 1. The highest BCUT2D eigenvalue weighted by atomic mass is 16.6. The summed E-state index contributed by atoms with van der Waals surface area (Å²) in [6.07, 6.45) is 0. The van der Waals surface area contributed by atoms with Crippen LogP contribution < -0.4 is 14.8 Å². The molecule has 0 atom stereocenters. The largest absolute Gasteiger partial charge is 0.493 e. The number of amides is 1. The van der Waals surface area contributed by atoms with Gasteiger partial charge in [0.1, 0.15) is 5.69 Å². The molecule has 27 heavy (non-hydrogen) atoms. The summed E-state index contributed by atoms with van der Waals surface area (Å²) >= 11 is 0. The van der Waals surface area contributed by atoms with E-state index in [1.165, 1.54) is 38.5 Å². The fourth-order valence-electron chi connectivity index (χ4n) is 2.43. The van der Waals surface area contributed by atoms with Gasteiger partial charge in [-0.25, -0.2) is 0 Å². The number of ether oxygens (including phenoxy) is 2. The first-order valence-electron chi connectivity index (χ1n) is 7.77. The maximum Gasteiger partial charge on any atom is 0.292 e. The SMILES string of the molecule is COc1ccc(-c2cc(C(=O)Nc3ccccc3[N+](=O)[O-])no2)cc1OC. The highest BCUT2D eigenvalue weighted by Gasteiger charge is 2.19. The third-order valence-corrected chi connectivity index (χ3v) is 3.76. The molecule has 2 aromatic carbocycles. The van der Waals surface area contributed by atoms with E-state index < -0.39 is 10.8 Å². The lowest BCUT2D eigenvalue weighted by molar-refractivity contribution is -0.383. The van der Waals surface area contributed by atoms with Crippen LogP contribution in [0.1, 0.15) is 10.5 Å². The molecular formula is C18H15N3O6. The van der Waals surface area contributed by atoms with Crippen molar-refractivity contribution in [2.45, 2.75) is 0 Å². The molecule has 9 heteroatoms. The molecule has 9 nitrogen and oxygen atoms in total. The number of anilines is 1. The molecule has 0 saturated carbocycles. The summed E-state index contributed by atoms with van der Waals surface area (Å²) in [5.41, 5.74) is 0.473. The molecule has 0 fully saturated rings. The summed E-state index contributed by atoms with van der Waals surface area (Å²) in [5.74, 6) is 0.760. The van der Waals surface area contributed by atoms with Crippen LogP contribution in [0.25, 0.3) is 11.3 Å². The third-order valence-electron chi connectivity index (χ3n) is 3.76. The van der Waals surface area contributed by atoms with Gasteiger partial charge in [-0.3, -0.25) is 14.9 Å². The lowest BCUT2D eigenvalue weighted by Crippen LogP contribution is -2.13. The Morgan fingerprint density at radius 1 is 1.11 bits per heavy atom. The Balaban J connectivity index is 1.84. The molecule has 138 valence electrons. The number of nitro benzene ring substituents is 1. The van der Waals surface area contributed by atoms with Crippen LogP contribution in [0, 0.1) is 10.1 Å². The van der Waals surface area contributed by atoms with E-state index in [-0.39, 0.29) is 17.1 Å². The summed E-state index contributed by atoms with van der Waals surface area (Å²) in [4.78, 5) is 22.8. The van der Waals surface area contributed by atoms with Gasteiger partial charge in [0.2, 0.25) is 0 Å². The molecule has 0 radical (unpaired) electrons. The second kappa shape index (κ2) is 7.56. The second-order valence-corrected chi connectivity index (χ2v) is 5.37. The standard InChI is InChI=1S/C18H15N3O6/c1-25-15-8-7-11(9-17(15)26-2)16-10-13(20-27-16)18(22)19-12-5-3-4-6-14(12)21(23)24/h3-10H,1-2H3,(H,19,22). The molecular weight excluding hydrogens is 354 g/mol. The Morgan fingerprint density at radius 3 is 2.56 bits per heavy atom. The number of hydrogen-bond acceptors (Lipinski definition) is 7. The number of para-hydroxylation sites is 2. The van der Waals surface area contributed by atoms with Crippen LogP contribution >= 0.6 is 0 Å². The molecule has 0 spiro atoms. The van der Waals surface area contributed by atoms with Crippen molar-refractivity contribution in [1.29, 1.82) is 0 Å². The Bertz CT molecular complexity index is 998. The monoisotopic (exact) mass is 369 g/mol. The number of nitrogens with one attached hydrogen (secondary N) is 1. The van der Waals surface area contributed by atoms with Crippen LogP contribution in [-0.4, -0.2) is 30.2 Å². The molecule has 3 aromatic rings.